The van der Waals surface area contributed by atoms with E-state index in [-0.39, 0.29) is 6.17 Å². The van der Waals surface area contributed by atoms with Gasteiger partial charge in [0, 0.05) is 13.1 Å². The number of hydrogen-bond donors (Lipinski definition) is 3. The minimum Gasteiger partial charge on any atom is -0.377 e. The molecule has 2 aliphatic heterocycles. The summed E-state index contributed by atoms with van der Waals surface area (Å²) in [4.78, 5) is 10.9. The fourth-order valence-electron chi connectivity index (χ4n) is 1.62. The summed E-state index contributed by atoms with van der Waals surface area (Å²) in [6.07, 6.45) is 0.704. The minimum absolute atomic E-state index is 0.0421. The number of carbonyl (C=O) groups is 1. The van der Waals surface area contributed by atoms with Crippen molar-refractivity contribution >= 4 is 6.29 Å². The second kappa shape index (κ2) is 4.33. The Morgan fingerprint density at radius 3 is 2.93 bits per heavy atom. The molecule has 2 aliphatic rings. The second-order valence-electron chi connectivity index (χ2n) is 3.35. The smallest absolute Gasteiger partial charge is 0.234 e. The van der Waals surface area contributed by atoms with E-state index in [0.29, 0.717) is 26.4 Å². The van der Waals surface area contributed by atoms with Gasteiger partial charge in [0.1, 0.15) is 0 Å². The summed E-state index contributed by atoms with van der Waals surface area (Å²) >= 11 is 0. The Morgan fingerprint density at radius 2 is 2.36 bits per heavy atom. The molecule has 0 bridgehead atoms. The molecule has 2 heterocycles. The number of morpholine rings is 1. The van der Waals surface area contributed by atoms with Crippen LogP contribution in [0.2, 0.25) is 0 Å². The lowest BCUT2D eigenvalue weighted by Crippen LogP contribution is -2.65. The maximum absolute atomic E-state index is 10.9. The zero-order chi connectivity index (χ0) is 9.86. The molecule has 6 nitrogen and oxygen atoms in total. The summed E-state index contributed by atoms with van der Waals surface area (Å²) in [5.74, 6) is -1.03. The quantitative estimate of drug-likeness (QED) is 0.458. The fourth-order valence-corrected chi connectivity index (χ4v) is 1.62. The van der Waals surface area contributed by atoms with E-state index in [1.54, 1.807) is 0 Å². The molecule has 0 amide bonds. The standard InChI is InChI=1S/C8H15N3O3/c12-6-8(10-2-4-14-8)11-7-5-13-3-1-9-7/h6-7,9-11H,1-5H2. The molecule has 80 valence electrons. The molecular formula is C8H15N3O3. The van der Waals surface area contributed by atoms with Gasteiger partial charge < -0.3 is 9.47 Å². The summed E-state index contributed by atoms with van der Waals surface area (Å²) in [6, 6.07) is 0. The molecule has 0 aromatic rings. The van der Waals surface area contributed by atoms with Gasteiger partial charge in [-0.2, -0.15) is 0 Å². The summed E-state index contributed by atoms with van der Waals surface area (Å²) in [7, 11) is 0. The summed E-state index contributed by atoms with van der Waals surface area (Å²) < 4.78 is 10.6. The Balaban J connectivity index is 1.89. The lowest BCUT2D eigenvalue weighted by molar-refractivity contribution is -0.135. The van der Waals surface area contributed by atoms with Crippen LogP contribution in [0.3, 0.4) is 0 Å². The van der Waals surface area contributed by atoms with Gasteiger partial charge in [-0.3, -0.25) is 20.7 Å². The number of rotatable bonds is 3. The van der Waals surface area contributed by atoms with Crippen molar-refractivity contribution in [2.24, 2.45) is 0 Å². The first kappa shape index (κ1) is 10.0. The lowest BCUT2D eigenvalue weighted by atomic mass is 10.3. The van der Waals surface area contributed by atoms with Crippen molar-refractivity contribution in [2.45, 2.75) is 12.0 Å². The van der Waals surface area contributed by atoms with E-state index in [0.717, 1.165) is 12.8 Å². The van der Waals surface area contributed by atoms with Crippen LogP contribution in [0.1, 0.15) is 0 Å². The van der Waals surface area contributed by atoms with Crippen molar-refractivity contribution in [3.63, 3.8) is 0 Å². The highest BCUT2D eigenvalue weighted by Crippen LogP contribution is 2.06. The third-order valence-corrected chi connectivity index (χ3v) is 2.30. The van der Waals surface area contributed by atoms with Gasteiger partial charge in [0.25, 0.3) is 0 Å². The number of ether oxygens (including phenoxy) is 2. The van der Waals surface area contributed by atoms with Crippen LogP contribution in [0.5, 0.6) is 0 Å². The molecule has 2 saturated heterocycles. The molecule has 3 N–H and O–H groups in total. The van der Waals surface area contributed by atoms with Gasteiger partial charge in [0.2, 0.25) is 5.85 Å². The molecule has 0 spiro atoms. The predicted molar refractivity (Wildman–Crippen MR) is 48.5 cm³/mol. The van der Waals surface area contributed by atoms with Crippen LogP contribution in [0.15, 0.2) is 0 Å². The molecule has 2 unspecified atom stereocenters. The Morgan fingerprint density at radius 1 is 1.43 bits per heavy atom. The van der Waals surface area contributed by atoms with Gasteiger partial charge in [-0.25, -0.2) is 0 Å². The van der Waals surface area contributed by atoms with E-state index >= 15 is 0 Å². The van der Waals surface area contributed by atoms with Crippen molar-refractivity contribution in [1.29, 1.82) is 0 Å². The Kier molecular flexibility index (Phi) is 3.09. The molecule has 2 fully saturated rings. The average Bonchev–Trinajstić information content (AvgIpc) is 2.69. The second-order valence-corrected chi connectivity index (χ2v) is 3.35. The molecule has 0 saturated carbocycles. The van der Waals surface area contributed by atoms with Crippen molar-refractivity contribution in [2.75, 3.05) is 32.9 Å². The Labute approximate surface area is 82.3 Å². The van der Waals surface area contributed by atoms with Crippen LogP contribution < -0.4 is 16.0 Å². The summed E-state index contributed by atoms with van der Waals surface area (Å²) in [5.41, 5.74) is 0. The number of aldehydes is 1. The van der Waals surface area contributed by atoms with Crippen molar-refractivity contribution in [1.82, 2.24) is 16.0 Å². The Hall–Kier alpha value is -0.530. The van der Waals surface area contributed by atoms with Crippen LogP contribution in [0.4, 0.5) is 0 Å². The van der Waals surface area contributed by atoms with Crippen LogP contribution >= 0.6 is 0 Å². The zero-order valence-corrected chi connectivity index (χ0v) is 7.91. The highest BCUT2D eigenvalue weighted by Gasteiger charge is 2.36. The van der Waals surface area contributed by atoms with Crippen LogP contribution in [0, 0.1) is 0 Å². The lowest BCUT2D eigenvalue weighted by Gasteiger charge is -2.32. The highest BCUT2D eigenvalue weighted by atomic mass is 16.5. The van der Waals surface area contributed by atoms with E-state index in [2.05, 4.69) is 16.0 Å². The van der Waals surface area contributed by atoms with Gasteiger partial charge in [0.15, 0.2) is 6.29 Å². The van der Waals surface area contributed by atoms with Crippen molar-refractivity contribution < 1.29 is 14.3 Å². The monoisotopic (exact) mass is 201 g/mol. The van der Waals surface area contributed by atoms with Gasteiger partial charge in [-0.05, 0) is 0 Å². The number of nitrogens with one attached hydrogen (secondary N) is 3. The first-order chi connectivity index (χ1) is 6.85. The molecule has 14 heavy (non-hydrogen) atoms. The fraction of sp³-hybridized carbons (Fsp3) is 0.875. The highest BCUT2D eigenvalue weighted by molar-refractivity contribution is 5.61. The molecule has 0 aromatic carbocycles. The molecule has 6 heteroatoms. The Bertz CT molecular complexity index is 200. The minimum atomic E-state index is -1.03. The number of hydrogen-bond acceptors (Lipinski definition) is 6. The van der Waals surface area contributed by atoms with Gasteiger partial charge in [0.05, 0.1) is 26.0 Å². The third kappa shape index (κ3) is 2.10. The topological polar surface area (TPSA) is 71.6 Å². The van der Waals surface area contributed by atoms with E-state index in [4.69, 9.17) is 9.47 Å². The maximum Gasteiger partial charge on any atom is 0.234 e. The number of carbonyl (C=O) groups excluding carboxylic acids is 1. The summed E-state index contributed by atoms with van der Waals surface area (Å²) in [6.45, 7) is 3.26. The van der Waals surface area contributed by atoms with Gasteiger partial charge >= 0.3 is 0 Å². The predicted octanol–water partition coefficient (Wildman–Crippen LogP) is -2.01. The van der Waals surface area contributed by atoms with Crippen molar-refractivity contribution in [3.05, 3.63) is 0 Å². The summed E-state index contributed by atoms with van der Waals surface area (Å²) in [5, 5.41) is 9.20. The largest absolute Gasteiger partial charge is 0.377 e. The third-order valence-electron chi connectivity index (χ3n) is 2.30. The molecular weight excluding hydrogens is 186 g/mol. The van der Waals surface area contributed by atoms with Crippen molar-refractivity contribution in [3.8, 4) is 0 Å². The zero-order valence-electron chi connectivity index (χ0n) is 7.91. The van der Waals surface area contributed by atoms with E-state index in [9.17, 15) is 4.79 Å². The van der Waals surface area contributed by atoms with E-state index < -0.39 is 5.85 Å². The first-order valence-corrected chi connectivity index (χ1v) is 4.79. The van der Waals surface area contributed by atoms with E-state index in [1.807, 2.05) is 0 Å². The molecule has 0 aromatic heterocycles. The average molecular weight is 201 g/mol. The van der Waals surface area contributed by atoms with Crippen LogP contribution in [0.25, 0.3) is 0 Å². The normalized spacial score (nSPS) is 38.4. The van der Waals surface area contributed by atoms with Gasteiger partial charge in [-0.15, -0.1) is 0 Å². The van der Waals surface area contributed by atoms with Crippen LogP contribution in [-0.4, -0.2) is 51.2 Å². The van der Waals surface area contributed by atoms with Crippen LogP contribution in [-0.2, 0) is 14.3 Å². The SMILES string of the molecule is O=CC1(NC2COCCN2)NCCO1. The molecule has 0 aliphatic carbocycles. The first-order valence-electron chi connectivity index (χ1n) is 4.79. The molecule has 0 radical (unpaired) electrons. The molecule has 2 rings (SSSR count). The maximum atomic E-state index is 10.9. The van der Waals surface area contributed by atoms with Gasteiger partial charge in [-0.1, -0.05) is 0 Å². The molecule has 2 atom stereocenters. The van der Waals surface area contributed by atoms with E-state index in [1.165, 1.54) is 0 Å².